The van der Waals surface area contributed by atoms with Crippen LogP contribution in [0.15, 0.2) is 17.5 Å². The summed E-state index contributed by atoms with van der Waals surface area (Å²) < 4.78 is 7.02. The Balaban J connectivity index is 1.91. The standard InChI is InChI=1S/C9H12N8O2/c10-9(13-18)6-5-16(1-2-19-6)8-4-11-3-7-12-14-15-17(7)8/h3-4,6,18H,1-2,5H2,(H2,10,13). The fraction of sp³-hybridized carbons (Fsp3) is 0.444. The molecule has 0 aliphatic carbocycles. The fourth-order valence-corrected chi connectivity index (χ4v) is 1.98. The molecule has 1 aliphatic rings. The van der Waals surface area contributed by atoms with E-state index in [-0.39, 0.29) is 5.84 Å². The van der Waals surface area contributed by atoms with Gasteiger partial charge in [-0.15, -0.1) is 5.10 Å². The minimum Gasteiger partial charge on any atom is -0.409 e. The van der Waals surface area contributed by atoms with Gasteiger partial charge in [-0.25, -0.2) is 0 Å². The van der Waals surface area contributed by atoms with Crippen molar-refractivity contribution in [2.45, 2.75) is 6.10 Å². The molecule has 2 aromatic heterocycles. The highest BCUT2D eigenvalue weighted by molar-refractivity contribution is 5.85. The number of oxime groups is 1. The van der Waals surface area contributed by atoms with Crippen LogP contribution in [0, 0.1) is 0 Å². The molecule has 2 aromatic rings. The number of aromatic nitrogens is 5. The number of fused-ring (bicyclic) bond motifs is 1. The minimum atomic E-state index is -0.467. The van der Waals surface area contributed by atoms with Crippen molar-refractivity contribution in [3.05, 3.63) is 12.4 Å². The van der Waals surface area contributed by atoms with E-state index in [1.165, 1.54) is 0 Å². The number of ether oxygens (including phenoxy) is 1. The molecule has 1 unspecified atom stereocenters. The van der Waals surface area contributed by atoms with E-state index in [2.05, 4.69) is 25.7 Å². The lowest BCUT2D eigenvalue weighted by atomic mass is 10.2. The second-order valence-electron chi connectivity index (χ2n) is 4.04. The zero-order valence-electron chi connectivity index (χ0n) is 9.92. The van der Waals surface area contributed by atoms with Crippen molar-refractivity contribution in [3.63, 3.8) is 0 Å². The Hall–Kier alpha value is -2.49. The van der Waals surface area contributed by atoms with Crippen molar-refractivity contribution in [2.75, 3.05) is 24.6 Å². The zero-order chi connectivity index (χ0) is 13.2. The molecule has 1 aliphatic heterocycles. The molecule has 0 amide bonds. The first-order chi connectivity index (χ1) is 9.29. The Morgan fingerprint density at radius 1 is 1.53 bits per heavy atom. The van der Waals surface area contributed by atoms with Crippen LogP contribution in [0.1, 0.15) is 0 Å². The number of nitrogens with two attached hydrogens (primary N) is 1. The van der Waals surface area contributed by atoms with Crippen LogP contribution < -0.4 is 10.6 Å². The second kappa shape index (κ2) is 4.65. The molecule has 10 heteroatoms. The van der Waals surface area contributed by atoms with E-state index in [1.807, 2.05) is 4.90 Å². The Morgan fingerprint density at radius 3 is 3.26 bits per heavy atom. The van der Waals surface area contributed by atoms with Gasteiger partial charge >= 0.3 is 0 Å². The lowest BCUT2D eigenvalue weighted by Crippen LogP contribution is -2.49. The number of hydrogen-bond donors (Lipinski definition) is 2. The molecule has 1 saturated heterocycles. The zero-order valence-corrected chi connectivity index (χ0v) is 9.92. The van der Waals surface area contributed by atoms with Gasteiger partial charge < -0.3 is 20.6 Å². The molecule has 0 aromatic carbocycles. The number of hydrogen-bond acceptors (Lipinski definition) is 8. The summed E-state index contributed by atoms with van der Waals surface area (Å²) in [7, 11) is 0. The van der Waals surface area contributed by atoms with Gasteiger partial charge in [0.15, 0.2) is 17.3 Å². The van der Waals surface area contributed by atoms with Crippen molar-refractivity contribution >= 4 is 17.3 Å². The van der Waals surface area contributed by atoms with Crippen LogP contribution in [0.25, 0.3) is 5.65 Å². The summed E-state index contributed by atoms with van der Waals surface area (Å²) in [6.45, 7) is 1.55. The molecule has 3 heterocycles. The summed E-state index contributed by atoms with van der Waals surface area (Å²) in [5.74, 6) is 0.781. The van der Waals surface area contributed by atoms with Crippen molar-refractivity contribution in [2.24, 2.45) is 10.9 Å². The van der Waals surface area contributed by atoms with Crippen LogP contribution in [0.2, 0.25) is 0 Å². The molecular weight excluding hydrogens is 252 g/mol. The average Bonchev–Trinajstić information content (AvgIpc) is 2.94. The summed E-state index contributed by atoms with van der Waals surface area (Å²) >= 11 is 0. The molecule has 100 valence electrons. The highest BCUT2D eigenvalue weighted by atomic mass is 16.5. The van der Waals surface area contributed by atoms with Gasteiger partial charge in [-0.05, 0) is 10.4 Å². The first-order valence-electron chi connectivity index (χ1n) is 5.65. The van der Waals surface area contributed by atoms with Gasteiger partial charge in [-0.2, -0.15) is 4.52 Å². The van der Waals surface area contributed by atoms with E-state index in [4.69, 9.17) is 15.7 Å². The predicted molar refractivity (Wildman–Crippen MR) is 63.9 cm³/mol. The van der Waals surface area contributed by atoms with Crippen LogP contribution in [0.4, 0.5) is 5.82 Å². The van der Waals surface area contributed by atoms with Gasteiger partial charge in [0.2, 0.25) is 0 Å². The molecule has 10 nitrogen and oxygen atoms in total. The molecule has 0 spiro atoms. The van der Waals surface area contributed by atoms with Crippen molar-refractivity contribution in [1.82, 2.24) is 25.0 Å². The van der Waals surface area contributed by atoms with E-state index < -0.39 is 6.10 Å². The van der Waals surface area contributed by atoms with Crippen molar-refractivity contribution < 1.29 is 9.94 Å². The number of tetrazole rings is 1. The third kappa shape index (κ3) is 2.01. The molecule has 0 bridgehead atoms. The summed E-state index contributed by atoms with van der Waals surface area (Å²) in [6.07, 6.45) is 2.77. The van der Waals surface area contributed by atoms with Crippen LogP contribution in [-0.2, 0) is 4.74 Å². The SMILES string of the molecule is NC(=NO)C1CN(c2cncc3nnnn23)CCO1. The maximum absolute atomic E-state index is 8.70. The summed E-state index contributed by atoms with van der Waals surface area (Å²) in [6, 6.07) is 0. The summed E-state index contributed by atoms with van der Waals surface area (Å²) in [4.78, 5) is 6.07. The number of rotatable bonds is 2. The van der Waals surface area contributed by atoms with E-state index in [0.717, 1.165) is 5.82 Å². The normalized spacial score (nSPS) is 20.9. The lowest BCUT2D eigenvalue weighted by molar-refractivity contribution is 0.0802. The first-order valence-corrected chi connectivity index (χ1v) is 5.65. The predicted octanol–water partition coefficient (Wildman–Crippen LogP) is -1.53. The van der Waals surface area contributed by atoms with Gasteiger partial charge in [0, 0.05) is 6.54 Å². The van der Waals surface area contributed by atoms with Crippen molar-refractivity contribution in [1.29, 1.82) is 0 Å². The van der Waals surface area contributed by atoms with E-state index in [1.54, 1.807) is 16.9 Å². The molecule has 3 rings (SSSR count). The van der Waals surface area contributed by atoms with Gasteiger partial charge in [0.25, 0.3) is 0 Å². The minimum absolute atomic E-state index is 0.0431. The van der Waals surface area contributed by atoms with Crippen LogP contribution >= 0.6 is 0 Å². The lowest BCUT2D eigenvalue weighted by Gasteiger charge is -2.33. The fourth-order valence-electron chi connectivity index (χ4n) is 1.98. The topological polar surface area (TPSA) is 127 Å². The molecule has 0 radical (unpaired) electrons. The summed E-state index contributed by atoms with van der Waals surface area (Å²) in [5, 5.41) is 23.0. The Bertz CT molecular complexity index is 611. The number of amidine groups is 1. The van der Waals surface area contributed by atoms with Crippen LogP contribution in [-0.4, -0.2) is 61.9 Å². The third-order valence-electron chi connectivity index (χ3n) is 2.93. The third-order valence-corrected chi connectivity index (χ3v) is 2.93. The average molecular weight is 264 g/mol. The largest absolute Gasteiger partial charge is 0.409 e. The quantitative estimate of drug-likeness (QED) is 0.289. The molecule has 0 saturated carbocycles. The molecule has 19 heavy (non-hydrogen) atoms. The summed E-state index contributed by atoms with van der Waals surface area (Å²) in [5.41, 5.74) is 6.13. The van der Waals surface area contributed by atoms with E-state index in [0.29, 0.717) is 25.3 Å². The van der Waals surface area contributed by atoms with E-state index in [9.17, 15) is 0 Å². The maximum Gasteiger partial charge on any atom is 0.199 e. The second-order valence-corrected chi connectivity index (χ2v) is 4.04. The van der Waals surface area contributed by atoms with E-state index >= 15 is 0 Å². The van der Waals surface area contributed by atoms with Gasteiger partial charge in [-0.3, -0.25) is 4.98 Å². The molecule has 1 fully saturated rings. The van der Waals surface area contributed by atoms with Gasteiger partial charge in [0.05, 0.1) is 25.5 Å². The van der Waals surface area contributed by atoms with Crippen LogP contribution in [0.5, 0.6) is 0 Å². The van der Waals surface area contributed by atoms with Crippen molar-refractivity contribution in [3.8, 4) is 0 Å². The monoisotopic (exact) mass is 264 g/mol. The molecule has 3 N–H and O–H groups in total. The van der Waals surface area contributed by atoms with Gasteiger partial charge in [-0.1, -0.05) is 5.16 Å². The van der Waals surface area contributed by atoms with Gasteiger partial charge in [0.1, 0.15) is 6.10 Å². The van der Waals surface area contributed by atoms with Crippen LogP contribution in [0.3, 0.4) is 0 Å². The Labute approximate surface area is 107 Å². The molecular formula is C9H12N8O2. The smallest absolute Gasteiger partial charge is 0.199 e. The Kier molecular flexibility index (Phi) is 2.83. The number of morpholine rings is 1. The number of nitrogens with zero attached hydrogens (tertiary/aromatic N) is 7. The highest BCUT2D eigenvalue weighted by Crippen LogP contribution is 2.16. The maximum atomic E-state index is 8.70. The number of anilines is 1. The molecule has 1 atom stereocenters. The highest BCUT2D eigenvalue weighted by Gasteiger charge is 2.25. The Morgan fingerprint density at radius 2 is 2.42 bits per heavy atom. The first kappa shape index (κ1) is 11.6.